The lowest BCUT2D eigenvalue weighted by Crippen LogP contribution is -2.35. The normalized spacial score (nSPS) is 13.1. The molecule has 1 unspecified atom stereocenters. The van der Waals surface area contributed by atoms with E-state index in [2.05, 4.69) is 23.5 Å². The van der Waals surface area contributed by atoms with Crippen molar-refractivity contribution in [1.82, 2.24) is 15.2 Å². The lowest BCUT2D eigenvalue weighted by atomic mass is 10.1. The lowest BCUT2D eigenvalue weighted by molar-refractivity contribution is 0.454. The molecular weight excluding hydrogens is 176 g/mol. The van der Waals surface area contributed by atoms with Crippen LogP contribution in [0.3, 0.4) is 0 Å². The van der Waals surface area contributed by atoms with Gasteiger partial charge in [-0.3, -0.25) is 16.0 Å². The van der Waals surface area contributed by atoms with Crippen LogP contribution < -0.4 is 11.3 Å². The number of rotatable bonds is 6. The van der Waals surface area contributed by atoms with Crippen LogP contribution in [0.2, 0.25) is 0 Å². The highest BCUT2D eigenvalue weighted by molar-refractivity contribution is 5.00. The van der Waals surface area contributed by atoms with Crippen molar-refractivity contribution < 1.29 is 0 Å². The maximum absolute atomic E-state index is 5.46. The van der Waals surface area contributed by atoms with Crippen molar-refractivity contribution in [3.63, 3.8) is 0 Å². The van der Waals surface area contributed by atoms with E-state index in [4.69, 9.17) is 5.84 Å². The fourth-order valence-electron chi connectivity index (χ4n) is 1.63. The van der Waals surface area contributed by atoms with Crippen LogP contribution >= 0.6 is 0 Å². The predicted molar refractivity (Wildman–Crippen MR) is 57.5 cm³/mol. The van der Waals surface area contributed by atoms with Crippen molar-refractivity contribution in [3.05, 3.63) is 18.0 Å². The zero-order valence-corrected chi connectivity index (χ0v) is 9.03. The topological polar surface area (TPSA) is 55.9 Å². The number of nitrogens with zero attached hydrogens (tertiary/aromatic N) is 2. The molecule has 0 spiro atoms. The largest absolute Gasteiger partial charge is 0.273 e. The Bertz CT molecular complexity index is 256. The summed E-state index contributed by atoms with van der Waals surface area (Å²) < 4.78 is 1.92. The summed E-state index contributed by atoms with van der Waals surface area (Å²) in [5, 5.41) is 4.13. The van der Waals surface area contributed by atoms with E-state index in [0.717, 1.165) is 19.3 Å². The summed E-state index contributed by atoms with van der Waals surface area (Å²) in [6.07, 6.45) is 6.24. The molecule has 0 radical (unpaired) electrons. The molecule has 0 aromatic carbocycles. The van der Waals surface area contributed by atoms with Crippen LogP contribution in [0.1, 0.15) is 31.9 Å². The van der Waals surface area contributed by atoms with Crippen LogP contribution in [0, 0.1) is 0 Å². The van der Waals surface area contributed by atoms with Crippen molar-refractivity contribution in [2.24, 2.45) is 12.9 Å². The zero-order chi connectivity index (χ0) is 10.4. The fourth-order valence-corrected chi connectivity index (χ4v) is 1.63. The highest BCUT2D eigenvalue weighted by atomic mass is 15.3. The molecule has 14 heavy (non-hydrogen) atoms. The average Bonchev–Trinajstić information content (AvgIpc) is 2.59. The molecule has 0 saturated carbocycles. The third-order valence-electron chi connectivity index (χ3n) is 2.54. The summed E-state index contributed by atoms with van der Waals surface area (Å²) in [7, 11) is 1.97. The van der Waals surface area contributed by atoms with E-state index < -0.39 is 0 Å². The van der Waals surface area contributed by atoms with E-state index in [0.29, 0.717) is 6.04 Å². The summed E-state index contributed by atoms with van der Waals surface area (Å²) >= 11 is 0. The third-order valence-corrected chi connectivity index (χ3v) is 2.54. The molecule has 0 fully saturated rings. The Morgan fingerprint density at radius 3 is 2.86 bits per heavy atom. The number of aryl methyl sites for hydroxylation is 2. The molecule has 1 heterocycles. The Balaban J connectivity index is 2.35. The van der Waals surface area contributed by atoms with Crippen LogP contribution in [-0.2, 0) is 13.5 Å². The first-order valence-corrected chi connectivity index (χ1v) is 5.21. The highest BCUT2D eigenvalue weighted by Gasteiger charge is 2.06. The van der Waals surface area contributed by atoms with Gasteiger partial charge in [-0.2, -0.15) is 5.10 Å². The monoisotopic (exact) mass is 196 g/mol. The van der Waals surface area contributed by atoms with Gasteiger partial charge in [0.2, 0.25) is 0 Å². The first-order chi connectivity index (χ1) is 6.77. The minimum Gasteiger partial charge on any atom is -0.273 e. The van der Waals surface area contributed by atoms with Gasteiger partial charge in [0.05, 0.1) is 0 Å². The SMILES string of the molecule is CCCC(CCc1ccnn1C)NN. The second kappa shape index (κ2) is 5.78. The predicted octanol–water partition coefficient (Wildman–Crippen LogP) is 0.985. The zero-order valence-electron chi connectivity index (χ0n) is 9.03. The van der Waals surface area contributed by atoms with Crippen molar-refractivity contribution in [1.29, 1.82) is 0 Å². The van der Waals surface area contributed by atoms with Crippen LogP contribution in [0.15, 0.2) is 12.3 Å². The summed E-state index contributed by atoms with van der Waals surface area (Å²) in [4.78, 5) is 0. The van der Waals surface area contributed by atoms with E-state index in [1.165, 1.54) is 12.1 Å². The molecule has 0 amide bonds. The van der Waals surface area contributed by atoms with Crippen LogP contribution in [-0.4, -0.2) is 15.8 Å². The number of nitrogens with one attached hydrogen (secondary N) is 1. The minimum absolute atomic E-state index is 0.426. The van der Waals surface area contributed by atoms with Gasteiger partial charge in [0.1, 0.15) is 0 Å². The van der Waals surface area contributed by atoms with E-state index in [1.54, 1.807) is 0 Å². The smallest absolute Gasteiger partial charge is 0.0492 e. The summed E-state index contributed by atoms with van der Waals surface area (Å²) in [6, 6.07) is 2.48. The van der Waals surface area contributed by atoms with Crippen LogP contribution in [0.25, 0.3) is 0 Å². The van der Waals surface area contributed by atoms with Gasteiger partial charge in [-0.1, -0.05) is 13.3 Å². The Hall–Kier alpha value is -0.870. The molecule has 1 aromatic rings. The van der Waals surface area contributed by atoms with Crippen molar-refractivity contribution in [2.75, 3.05) is 0 Å². The van der Waals surface area contributed by atoms with Gasteiger partial charge in [-0.25, -0.2) is 0 Å². The first kappa shape index (κ1) is 11.2. The summed E-state index contributed by atoms with van der Waals surface area (Å²) in [6.45, 7) is 2.18. The molecule has 1 atom stereocenters. The molecule has 4 nitrogen and oxygen atoms in total. The maximum Gasteiger partial charge on any atom is 0.0492 e. The second-order valence-corrected chi connectivity index (χ2v) is 3.64. The van der Waals surface area contributed by atoms with Crippen molar-refractivity contribution in [2.45, 2.75) is 38.6 Å². The van der Waals surface area contributed by atoms with Gasteiger partial charge in [0, 0.05) is 25.0 Å². The average molecular weight is 196 g/mol. The molecule has 4 heteroatoms. The minimum atomic E-state index is 0.426. The van der Waals surface area contributed by atoms with E-state index in [1.807, 2.05) is 17.9 Å². The third kappa shape index (κ3) is 3.12. The molecule has 0 bridgehead atoms. The number of nitrogens with two attached hydrogens (primary N) is 1. The van der Waals surface area contributed by atoms with Crippen LogP contribution in [0.4, 0.5) is 0 Å². The fraction of sp³-hybridized carbons (Fsp3) is 0.700. The number of hydrogen-bond donors (Lipinski definition) is 2. The quantitative estimate of drug-likeness (QED) is 0.527. The van der Waals surface area contributed by atoms with Gasteiger partial charge < -0.3 is 0 Å². The van der Waals surface area contributed by atoms with Crippen molar-refractivity contribution >= 4 is 0 Å². The number of hydrogen-bond acceptors (Lipinski definition) is 3. The van der Waals surface area contributed by atoms with E-state index in [-0.39, 0.29) is 0 Å². The summed E-state index contributed by atoms with van der Waals surface area (Å²) in [5.41, 5.74) is 4.12. The van der Waals surface area contributed by atoms with Gasteiger partial charge in [0.15, 0.2) is 0 Å². The second-order valence-electron chi connectivity index (χ2n) is 3.64. The first-order valence-electron chi connectivity index (χ1n) is 5.21. The Morgan fingerprint density at radius 1 is 1.57 bits per heavy atom. The van der Waals surface area contributed by atoms with E-state index >= 15 is 0 Å². The Morgan fingerprint density at radius 2 is 2.36 bits per heavy atom. The molecule has 0 aliphatic carbocycles. The maximum atomic E-state index is 5.46. The highest BCUT2D eigenvalue weighted by Crippen LogP contribution is 2.07. The standard InChI is InChI=1S/C10H20N4/c1-3-4-9(13-11)5-6-10-7-8-12-14(10)2/h7-9,13H,3-6,11H2,1-2H3. The van der Waals surface area contributed by atoms with Crippen LogP contribution in [0.5, 0.6) is 0 Å². The lowest BCUT2D eigenvalue weighted by Gasteiger charge is -2.14. The molecule has 0 saturated heterocycles. The molecule has 3 N–H and O–H groups in total. The molecule has 1 rings (SSSR count). The van der Waals surface area contributed by atoms with Gasteiger partial charge in [0.25, 0.3) is 0 Å². The Kier molecular flexibility index (Phi) is 4.62. The molecule has 1 aromatic heterocycles. The molecular formula is C10H20N4. The summed E-state index contributed by atoms with van der Waals surface area (Å²) in [5.74, 6) is 5.46. The van der Waals surface area contributed by atoms with Gasteiger partial charge >= 0.3 is 0 Å². The van der Waals surface area contributed by atoms with Gasteiger partial charge in [-0.15, -0.1) is 0 Å². The van der Waals surface area contributed by atoms with Crippen molar-refractivity contribution in [3.8, 4) is 0 Å². The van der Waals surface area contributed by atoms with Gasteiger partial charge in [-0.05, 0) is 25.3 Å². The Labute approximate surface area is 85.5 Å². The molecule has 0 aliphatic rings. The molecule has 0 aliphatic heterocycles. The number of hydrazine groups is 1. The van der Waals surface area contributed by atoms with E-state index in [9.17, 15) is 0 Å². The molecule has 80 valence electrons. The number of aromatic nitrogens is 2.